The molecule has 0 aliphatic carbocycles. The highest BCUT2D eigenvalue weighted by atomic mass is 31.2. The van der Waals surface area contributed by atoms with Gasteiger partial charge in [0, 0.05) is 25.7 Å². The summed E-state index contributed by atoms with van der Waals surface area (Å²) < 4.78 is 68.5. The lowest BCUT2D eigenvalue weighted by molar-refractivity contribution is -0.161. The summed E-state index contributed by atoms with van der Waals surface area (Å²) in [5.41, 5.74) is 0. The van der Waals surface area contributed by atoms with Crippen LogP contribution in [0.3, 0.4) is 0 Å². The van der Waals surface area contributed by atoms with Gasteiger partial charge in [0.1, 0.15) is 19.3 Å². The SMILES string of the molecule is CCCCCCCCCCCCCCCCCCCC(=O)O[C@H](COC(=O)CCCCCCCCCCCCC(C)CC)COP(=O)(O)OC[C@@H](O)COP(=O)(O)OC[C@@H](COC(=O)CCCCCCCCCCC)OC(=O)CCCCCCCCCCCCCCCC. The summed E-state index contributed by atoms with van der Waals surface area (Å²) in [7, 11) is -9.91. The molecule has 0 radical (unpaired) electrons. The largest absolute Gasteiger partial charge is 0.472 e. The Morgan fingerprint density at radius 1 is 0.298 bits per heavy atom. The van der Waals surface area contributed by atoms with Gasteiger partial charge >= 0.3 is 39.5 Å². The molecule has 0 fully saturated rings. The Morgan fingerprint density at radius 3 is 0.755 bits per heavy atom. The predicted octanol–water partition coefficient (Wildman–Crippen LogP) is 22.1. The van der Waals surface area contributed by atoms with E-state index in [1.54, 1.807) is 0 Å². The van der Waals surface area contributed by atoms with Crippen molar-refractivity contribution in [2.75, 3.05) is 39.6 Å². The van der Waals surface area contributed by atoms with E-state index in [1.807, 2.05) is 0 Å². The fraction of sp³-hybridized carbons (Fsp3) is 0.947. The maximum Gasteiger partial charge on any atom is 0.472 e. The molecular weight excluding hydrogens is 1230 g/mol. The van der Waals surface area contributed by atoms with Gasteiger partial charge in [0.15, 0.2) is 12.2 Å². The van der Waals surface area contributed by atoms with Crippen LogP contribution in [0.4, 0.5) is 0 Å². The van der Waals surface area contributed by atoms with Gasteiger partial charge in [-0.15, -0.1) is 0 Å². The molecule has 17 nitrogen and oxygen atoms in total. The first-order chi connectivity index (χ1) is 45.6. The van der Waals surface area contributed by atoms with Crippen molar-refractivity contribution in [1.82, 2.24) is 0 Å². The highest BCUT2D eigenvalue weighted by molar-refractivity contribution is 7.47. The summed E-state index contributed by atoms with van der Waals surface area (Å²) in [4.78, 5) is 72.7. The van der Waals surface area contributed by atoms with Gasteiger partial charge in [-0.3, -0.25) is 37.3 Å². The maximum atomic E-state index is 13.1. The second kappa shape index (κ2) is 68.2. The second-order valence-corrected chi connectivity index (χ2v) is 30.2. The minimum Gasteiger partial charge on any atom is -0.462 e. The van der Waals surface area contributed by atoms with Crippen LogP contribution in [0, 0.1) is 5.92 Å². The quantitative estimate of drug-likeness (QED) is 0.0222. The van der Waals surface area contributed by atoms with Crippen molar-refractivity contribution in [2.45, 2.75) is 412 Å². The molecule has 6 atom stereocenters. The molecule has 19 heteroatoms. The Balaban J connectivity index is 5.24. The second-order valence-electron chi connectivity index (χ2n) is 27.3. The first kappa shape index (κ1) is 92.1. The number of phosphoric ester groups is 2. The van der Waals surface area contributed by atoms with Crippen molar-refractivity contribution < 1.29 is 80.2 Å². The van der Waals surface area contributed by atoms with E-state index >= 15 is 0 Å². The Labute approximate surface area is 575 Å². The molecule has 0 spiro atoms. The van der Waals surface area contributed by atoms with Crippen LogP contribution in [-0.4, -0.2) is 96.7 Å². The first-order valence-corrected chi connectivity index (χ1v) is 42.2. The number of rotatable bonds is 75. The van der Waals surface area contributed by atoms with Crippen LogP contribution in [0.25, 0.3) is 0 Å². The molecule has 0 heterocycles. The molecule has 3 N–H and O–H groups in total. The van der Waals surface area contributed by atoms with Crippen LogP contribution in [-0.2, 0) is 65.4 Å². The lowest BCUT2D eigenvalue weighted by Gasteiger charge is -2.21. The molecule has 0 aliphatic heterocycles. The van der Waals surface area contributed by atoms with Gasteiger partial charge in [-0.1, -0.05) is 343 Å². The average molecular weight is 1380 g/mol. The molecule has 0 aromatic carbocycles. The summed E-state index contributed by atoms with van der Waals surface area (Å²) in [5, 5.41) is 10.6. The normalized spacial score (nSPS) is 14.3. The number of hydrogen-bond donors (Lipinski definition) is 3. The lowest BCUT2D eigenvalue weighted by Crippen LogP contribution is -2.30. The van der Waals surface area contributed by atoms with Crippen LogP contribution in [0.2, 0.25) is 0 Å². The Bertz CT molecular complexity index is 1810. The van der Waals surface area contributed by atoms with Crippen molar-refractivity contribution in [3.63, 3.8) is 0 Å². The van der Waals surface area contributed by atoms with Gasteiger partial charge in [0.05, 0.1) is 26.4 Å². The molecule has 0 saturated heterocycles. The number of aliphatic hydroxyl groups excluding tert-OH is 1. The van der Waals surface area contributed by atoms with Crippen LogP contribution in [0.1, 0.15) is 394 Å². The summed E-state index contributed by atoms with van der Waals surface area (Å²) >= 11 is 0. The number of esters is 4. The number of carbonyl (C=O) groups excluding carboxylic acids is 4. The molecule has 94 heavy (non-hydrogen) atoms. The summed E-state index contributed by atoms with van der Waals surface area (Å²) in [5.74, 6) is -1.30. The number of unbranched alkanes of at least 4 members (excludes halogenated alkanes) is 46. The van der Waals surface area contributed by atoms with Gasteiger partial charge in [-0.05, 0) is 31.6 Å². The third-order valence-electron chi connectivity index (χ3n) is 17.9. The number of hydrogen-bond acceptors (Lipinski definition) is 15. The van der Waals surface area contributed by atoms with E-state index in [0.29, 0.717) is 25.7 Å². The van der Waals surface area contributed by atoms with Crippen molar-refractivity contribution in [1.29, 1.82) is 0 Å². The molecule has 0 aromatic heterocycles. The summed E-state index contributed by atoms with van der Waals surface area (Å²) in [6.07, 6.45) is 56.7. The van der Waals surface area contributed by atoms with Crippen molar-refractivity contribution in [3.8, 4) is 0 Å². The van der Waals surface area contributed by atoms with E-state index in [0.717, 1.165) is 95.8 Å². The molecule has 3 unspecified atom stereocenters. The third-order valence-corrected chi connectivity index (χ3v) is 19.8. The van der Waals surface area contributed by atoms with Gasteiger partial charge in [0.2, 0.25) is 0 Å². The van der Waals surface area contributed by atoms with Gasteiger partial charge in [-0.2, -0.15) is 0 Å². The van der Waals surface area contributed by atoms with E-state index in [2.05, 4.69) is 34.6 Å². The number of phosphoric acid groups is 2. The average Bonchev–Trinajstić information content (AvgIpc) is 2.51. The smallest absolute Gasteiger partial charge is 0.462 e. The summed E-state index contributed by atoms with van der Waals surface area (Å²) in [6, 6.07) is 0. The minimum absolute atomic E-state index is 0.108. The van der Waals surface area contributed by atoms with E-state index in [4.69, 9.17) is 37.0 Å². The topological polar surface area (TPSA) is 237 Å². The van der Waals surface area contributed by atoms with Gasteiger partial charge < -0.3 is 33.8 Å². The van der Waals surface area contributed by atoms with E-state index in [-0.39, 0.29) is 25.7 Å². The molecule has 558 valence electrons. The molecule has 0 saturated carbocycles. The van der Waals surface area contributed by atoms with E-state index < -0.39 is 97.5 Å². The molecule has 0 rings (SSSR count). The monoisotopic (exact) mass is 1380 g/mol. The first-order valence-electron chi connectivity index (χ1n) is 39.2. The highest BCUT2D eigenvalue weighted by Crippen LogP contribution is 2.45. The molecule has 0 amide bonds. The zero-order valence-corrected chi connectivity index (χ0v) is 62.9. The van der Waals surface area contributed by atoms with Crippen molar-refractivity contribution >= 4 is 39.5 Å². The van der Waals surface area contributed by atoms with E-state index in [9.17, 15) is 43.2 Å². The standard InChI is InChI=1S/C75H146O17P2/c1-6-10-13-16-19-22-24-26-28-29-30-32-34-41-46-51-56-61-75(80)92-71(65-86-73(78)59-54-49-44-39-36-35-38-42-47-52-57-68(5)9-4)67-90-94(83,84)88-63-69(76)62-87-93(81,82)89-66-70(64-85-72(77)58-53-48-43-37-21-18-15-12-8-3)91-74(79)60-55-50-45-40-33-31-27-25-23-20-17-14-11-7-2/h68-71,76H,6-67H2,1-5H3,(H,81,82)(H,83,84)/t68?,69-,70+,71+/m0/s1. The number of aliphatic hydroxyl groups is 1. The lowest BCUT2D eigenvalue weighted by atomic mass is 9.99. The summed E-state index contributed by atoms with van der Waals surface area (Å²) in [6.45, 7) is 7.31. The fourth-order valence-electron chi connectivity index (χ4n) is 11.5. The Morgan fingerprint density at radius 2 is 0.511 bits per heavy atom. The van der Waals surface area contributed by atoms with Crippen LogP contribution in [0.5, 0.6) is 0 Å². The van der Waals surface area contributed by atoms with Crippen LogP contribution >= 0.6 is 15.6 Å². The third kappa shape index (κ3) is 67.3. The number of ether oxygens (including phenoxy) is 4. The minimum atomic E-state index is -4.96. The van der Waals surface area contributed by atoms with Crippen molar-refractivity contribution in [3.05, 3.63) is 0 Å². The number of carbonyl (C=O) groups is 4. The van der Waals surface area contributed by atoms with Gasteiger partial charge in [0.25, 0.3) is 0 Å². The fourth-order valence-corrected chi connectivity index (χ4v) is 13.1. The van der Waals surface area contributed by atoms with E-state index in [1.165, 1.54) is 218 Å². The van der Waals surface area contributed by atoms with Crippen LogP contribution < -0.4 is 0 Å². The maximum absolute atomic E-state index is 13.1. The predicted molar refractivity (Wildman–Crippen MR) is 382 cm³/mol. The zero-order chi connectivity index (χ0) is 69.1. The molecule has 0 aliphatic rings. The molecular formula is C75H146O17P2. The Hall–Kier alpha value is -1.94. The highest BCUT2D eigenvalue weighted by Gasteiger charge is 2.30. The zero-order valence-electron chi connectivity index (χ0n) is 61.1. The van der Waals surface area contributed by atoms with Crippen LogP contribution in [0.15, 0.2) is 0 Å². The van der Waals surface area contributed by atoms with Gasteiger partial charge in [-0.25, -0.2) is 9.13 Å². The molecule has 0 bridgehead atoms. The molecule has 0 aromatic rings. The Kier molecular flexibility index (Phi) is 66.8. The van der Waals surface area contributed by atoms with Crippen molar-refractivity contribution in [2.24, 2.45) is 5.92 Å².